The fourth-order valence-corrected chi connectivity index (χ4v) is 5.12. The molecule has 0 saturated heterocycles. The van der Waals surface area contributed by atoms with Gasteiger partial charge < -0.3 is 14.2 Å². The summed E-state index contributed by atoms with van der Waals surface area (Å²) in [6.45, 7) is 7.30. The van der Waals surface area contributed by atoms with E-state index in [1.54, 1.807) is 48.5 Å². The van der Waals surface area contributed by atoms with Gasteiger partial charge in [0, 0.05) is 11.6 Å². The first-order valence-electron chi connectivity index (χ1n) is 14.4. The van der Waals surface area contributed by atoms with Gasteiger partial charge in [0.05, 0.1) is 19.8 Å². The zero-order chi connectivity index (χ0) is 28.3. The minimum absolute atomic E-state index is 0.0524. The summed E-state index contributed by atoms with van der Waals surface area (Å²) in [6.07, 6.45) is 8.59. The number of rotatable bonds is 14. The molecule has 1 fully saturated rings. The fraction of sp³-hybridized carbons (Fsp3) is 0.412. The van der Waals surface area contributed by atoms with E-state index in [1.165, 1.54) is 6.07 Å². The van der Waals surface area contributed by atoms with Crippen molar-refractivity contribution >= 4 is 0 Å². The van der Waals surface area contributed by atoms with Crippen molar-refractivity contribution in [3.8, 4) is 28.4 Å². The maximum absolute atomic E-state index is 15.2. The van der Waals surface area contributed by atoms with E-state index < -0.39 is 17.5 Å². The van der Waals surface area contributed by atoms with Gasteiger partial charge in [-0.1, -0.05) is 43.7 Å². The Bertz CT molecular complexity index is 1230. The first-order chi connectivity index (χ1) is 19.5. The summed E-state index contributed by atoms with van der Waals surface area (Å²) < 4.78 is 61.8. The molecule has 1 aliphatic carbocycles. The Morgan fingerprint density at radius 1 is 0.800 bits per heavy atom. The van der Waals surface area contributed by atoms with E-state index in [2.05, 4.69) is 13.5 Å². The molecule has 6 heteroatoms. The lowest BCUT2D eigenvalue weighted by molar-refractivity contribution is 0.193. The molecule has 0 radical (unpaired) electrons. The van der Waals surface area contributed by atoms with Crippen LogP contribution in [-0.4, -0.2) is 19.8 Å². The molecule has 0 spiro atoms. The van der Waals surface area contributed by atoms with E-state index >= 15 is 8.78 Å². The molecule has 3 nitrogen and oxygen atoms in total. The molecule has 0 aromatic heterocycles. The minimum Gasteiger partial charge on any atom is -0.494 e. The molecule has 0 unspecified atom stereocenters. The van der Waals surface area contributed by atoms with E-state index in [0.29, 0.717) is 36.7 Å². The van der Waals surface area contributed by atoms with Gasteiger partial charge in [-0.3, -0.25) is 0 Å². The summed E-state index contributed by atoms with van der Waals surface area (Å²) in [6, 6.07) is 15.1. The average molecular weight is 553 g/mol. The predicted octanol–water partition coefficient (Wildman–Crippen LogP) is 9.65. The predicted molar refractivity (Wildman–Crippen MR) is 154 cm³/mol. The zero-order valence-corrected chi connectivity index (χ0v) is 23.3. The van der Waals surface area contributed by atoms with Crippen molar-refractivity contribution in [1.82, 2.24) is 0 Å². The van der Waals surface area contributed by atoms with Crippen LogP contribution in [0.5, 0.6) is 17.2 Å². The van der Waals surface area contributed by atoms with Crippen molar-refractivity contribution in [2.24, 2.45) is 5.92 Å². The maximum atomic E-state index is 15.2. The van der Waals surface area contributed by atoms with Crippen molar-refractivity contribution < 1.29 is 27.4 Å². The van der Waals surface area contributed by atoms with Crippen LogP contribution in [-0.2, 0) is 0 Å². The van der Waals surface area contributed by atoms with Crippen molar-refractivity contribution in [2.75, 3.05) is 19.8 Å². The number of unbranched alkanes of at least 4 members (excludes halogenated alkanes) is 2. The lowest BCUT2D eigenvalue weighted by Gasteiger charge is -2.29. The highest BCUT2D eigenvalue weighted by atomic mass is 19.2. The van der Waals surface area contributed by atoms with Crippen LogP contribution in [0, 0.1) is 23.4 Å². The van der Waals surface area contributed by atoms with Crippen LogP contribution in [0.4, 0.5) is 13.2 Å². The Hall–Kier alpha value is -3.41. The highest BCUT2D eigenvalue weighted by Gasteiger charge is 2.27. The quantitative estimate of drug-likeness (QED) is 0.147. The number of benzene rings is 3. The number of hydrogen-bond donors (Lipinski definition) is 0. The molecular formula is C34H39F3O3. The Labute approximate surface area is 236 Å². The van der Waals surface area contributed by atoms with Crippen LogP contribution in [0.15, 0.2) is 67.3 Å². The second-order valence-corrected chi connectivity index (χ2v) is 10.5. The molecular weight excluding hydrogens is 513 g/mol. The normalized spacial score (nSPS) is 16.9. The second-order valence-electron chi connectivity index (χ2n) is 10.5. The average Bonchev–Trinajstić information content (AvgIpc) is 2.97. The van der Waals surface area contributed by atoms with Gasteiger partial charge in [0.1, 0.15) is 11.5 Å². The van der Waals surface area contributed by atoms with Crippen molar-refractivity contribution in [3.63, 3.8) is 0 Å². The molecule has 3 aromatic rings. The van der Waals surface area contributed by atoms with Gasteiger partial charge in [0.25, 0.3) is 0 Å². The Balaban J connectivity index is 1.29. The standard InChI is InChI=1S/C34H39F3O3/c1-3-5-7-21-39-28-16-19-32(31(35)22-28)40-23-24-8-10-25(11-9-24)29-17-18-30(34(37)33(29)36)26-12-14-27(15-13-26)38-20-6-4-2/h3,12-19,22,24-25H,1,4-11,20-21,23H2,2H3. The molecule has 0 amide bonds. The molecule has 0 aliphatic heterocycles. The van der Waals surface area contributed by atoms with Crippen LogP contribution >= 0.6 is 0 Å². The SMILES string of the molecule is C=CCCCOc1ccc(OCC2CCC(c3ccc(-c4ccc(OCCCC)cc4)c(F)c3F)CC2)c(F)c1. The number of halogens is 3. The summed E-state index contributed by atoms with van der Waals surface area (Å²) >= 11 is 0. The highest BCUT2D eigenvalue weighted by Crippen LogP contribution is 2.39. The summed E-state index contributed by atoms with van der Waals surface area (Å²) in [4.78, 5) is 0. The molecule has 1 aliphatic rings. The number of hydrogen-bond acceptors (Lipinski definition) is 3. The molecule has 3 aromatic carbocycles. The molecule has 1 saturated carbocycles. The van der Waals surface area contributed by atoms with Gasteiger partial charge in [-0.15, -0.1) is 6.58 Å². The third-order valence-electron chi connectivity index (χ3n) is 7.53. The van der Waals surface area contributed by atoms with Crippen LogP contribution in [0.3, 0.4) is 0 Å². The second kappa shape index (κ2) is 14.8. The smallest absolute Gasteiger partial charge is 0.168 e. The summed E-state index contributed by atoms with van der Waals surface area (Å²) in [5, 5.41) is 0. The molecule has 214 valence electrons. The Kier molecular flexibility index (Phi) is 11.0. The van der Waals surface area contributed by atoms with E-state index in [4.69, 9.17) is 14.2 Å². The number of allylic oxidation sites excluding steroid dienone is 1. The van der Waals surface area contributed by atoms with Gasteiger partial charge in [-0.2, -0.15) is 0 Å². The van der Waals surface area contributed by atoms with Crippen LogP contribution in [0.1, 0.15) is 69.8 Å². The van der Waals surface area contributed by atoms with Crippen molar-refractivity contribution in [2.45, 2.75) is 64.2 Å². The Morgan fingerprint density at radius 3 is 2.20 bits per heavy atom. The Morgan fingerprint density at radius 2 is 1.50 bits per heavy atom. The van der Waals surface area contributed by atoms with Crippen LogP contribution < -0.4 is 14.2 Å². The molecule has 0 heterocycles. The van der Waals surface area contributed by atoms with E-state index in [0.717, 1.165) is 57.1 Å². The molecule has 4 rings (SSSR count). The molecule has 0 N–H and O–H groups in total. The van der Waals surface area contributed by atoms with Gasteiger partial charge in [0.15, 0.2) is 23.2 Å². The summed E-state index contributed by atoms with van der Waals surface area (Å²) in [5.41, 5.74) is 1.29. The summed E-state index contributed by atoms with van der Waals surface area (Å²) in [7, 11) is 0. The largest absolute Gasteiger partial charge is 0.494 e. The van der Waals surface area contributed by atoms with E-state index in [9.17, 15) is 4.39 Å². The lowest BCUT2D eigenvalue weighted by atomic mass is 9.78. The molecule has 0 bridgehead atoms. The molecule has 40 heavy (non-hydrogen) atoms. The van der Waals surface area contributed by atoms with Crippen molar-refractivity contribution in [3.05, 3.63) is 90.3 Å². The fourth-order valence-electron chi connectivity index (χ4n) is 5.12. The van der Waals surface area contributed by atoms with Gasteiger partial charge in [0.2, 0.25) is 0 Å². The van der Waals surface area contributed by atoms with Gasteiger partial charge in [-0.25, -0.2) is 13.2 Å². The first-order valence-corrected chi connectivity index (χ1v) is 14.4. The minimum atomic E-state index is -0.814. The topological polar surface area (TPSA) is 27.7 Å². The van der Waals surface area contributed by atoms with Gasteiger partial charge in [-0.05, 0) is 92.2 Å². The monoisotopic (exact) mass is 552 g/mol. The highest BCUT2D eigenvalue weighted by molar-refractivity contribution is 5.65. The number of ether oxygens (including phenoxy) is 3. The van der Waals surface area contributed by atoms with Crippen LogP contribution in [0.2, 0.25) is 0 Å². The molecule has 0 atom stereocenters. The third-order valence-corrected chi connectivity index (χ3v) is 7.53. The van der Waals surface area contributed by atoms with E-state index in [-0.39, 0.29) is 23.1 Å². The van der Waals surface area contributed by atoms with E-state index in [1.807, 2.05) is 6.08 Å². The van der Waals surface area contributed by atoms with Gasteiger partial charge >= 0.3 is 0 Å². The first kappa shape index (κ1) is 29.6. The zero-order valence-electron chi connectivity index (χ0n) is 23.3. The third kappa shape index (κ3) is 7.83. The maximum Gasteiger partial charge on any atom is 0.168 e. The van der Waals surface area contributed by atoms with Crippen molar-refractivity contribution in [1.29, 1.82) is 0 Å². The van der Waals surface area contributed by atoms with Crippen LogP contribution in [0.25, 0.3) is 11.1 Å². The lowest BCUT2D eigenvalue weighted by Crippen LogP contribution is -2.20. The summed E-state index contributed by atoms with van der Waals surface area (Å²) in [5.74, 6) is -0.460.